The van der Waals surface area contributed by atoms with E-state index < -0.39 is 43.2 Å². The average molecular weight is 626 g/mol. The minimum atomic E-state index is -1.46. The van der Waals surface area contributed by atoms with Crippen LogP contribution in [-0.2, 0) is 22.6 Å². The van der Waals surface area contributed by atoms with Crippen LogP contribution in [0.4, 0.5) is 0 Å². The zero-order chi connectivity index (χ0) is 30.4. The minimum Gasteiger partial charge on any atom is -0.483 e. The number of unbranched alkanes of at least 4 members (excludes halogenated alkanes) is 3. The second-order valence-corrected chi connectivity index (χ2v) is 11.1. The Bertz CT molecular complexity index is 1370. The van der Waals surface area contributed by atoms with E-state index >= 15 is 0 Å². The van der Waals surface area contributed by atoms with E-state index in [1.807, 2.05) is 24.3 Å². The van der Waals surface area contributed by atoms with Crippen molar-refractivity contribution in [2.75, 3.05) is 20.3 Å². The third-order valence-corrected chi connectivity index (χ3v) is 8.23. The van der Waals surface area contributed by atoms with Gasteiger partial charge >= 0.3 is 0 Å². The number of hydrogen-bond acceptors (Lipinski definition) is 9. The molecule has 1 amide bonds. The van der Waals surface area contributed by atoms with Crippen LogP contribution in [-0.4, -0.2) is 81.7 Å². The van der Waals surface area contributed by atoms with Gasteiger partial charge in [-0.25, -0.2) is 4.98 Å². The summed E-state index contributed by atoms with van der Waals surface area (Å²) in [5.74, 6) is 0.313. The van der Waals surface area contributed by atoms with Crippen LogP contribution in [0.25, 0.3) is 11.0 Å². The average Bonchev–Trinajstić information content (AvgIpc) is 3.34. The fraction of sp³-hybridized carbons (Fsp3) is 0.517. The lowest BCUT2D eigenvalue weighted by Crippen LogP contribution is -2.64. The number of fused-ring (bicyclic) bond motifs is 1. The number of imidazole rings is 1. The van der Waals surface area contributed by atoms with Gasteiger partial charge in [0, 0.05) is 19.2 Å². The predicted molar refractivity (Wildman–Crippen MR) is 159 cm³/mol. The van der Waals surface area contributed by atoms with Crippen LogP contribution in [0.1, 0.15) is 47.4 Å². The number of rotatable bonds is 13. The van der Waals surface area contributed by atoms with Gasteiger partial charge in [-0.1, -0.05) is 48.2 Å². The molecule has 2 heterocycles. The van der Waals surface area contributed by atoms with Crippen LogP contribution in [0.5, 0.6) is 5.75 Å². The molecule has 13 heteroatoms. The smallest absolute Gasteiger partial charge is 0.252 e. The van der Waals surface area contributed by atoms with Crippen molar-refractivity contribution in [1.29, 1.82) is 0 Å². The van der Waals surface area contributed by atoms with Gasteiger partial charge in [-0.2, -0.15) is 0 Å². The molecule has 0 radical (unpaired) electrons. The van der Waals surface area contributed by atoms with E-state index in [1.165, 1.54) is 13.2 Å². The van der Waals surface area contributed by atoms with Gasteiger partial charge in [-0.05, 0) is 50.1 Å². The molecule has 0 aliphatic carbocycles. The molecule has 1 aromatic heterocycles. The second kappa shape index (κ2) is 14.8. The largest absolute Gasteiger partial charge is 0.483 e. The highest BCUT2D eigenvalue weighted by Crippen LogP contribution is 2.38. The summed E-state index contributed by atoms with van der Waals surface area (Å²) in [7, 11) is 1.32. The van der Waals surface area contributed by atoms with E-state index in [9.17, 15) is 20.1 Å². The summed E-state index contributed by atoms with van der Waals surface area (Å²) in [4.78, 5) is 18.0. The maximum absolute atomic E-state index is 13.3. The molecule has 3 aromatic rings. The Labute approximate surface area is 254 Å². The maximum Gasteiger partial charge on any atom is 0.252 e. The Kier molecular flexibility index (Phi) is 11.4. The number of para-hydroxylation sites is 2. The van der Waals surface area contributed by atoms with E-state index in [0.717, 1.165) is 49.1 Å². The third-order valence-electron chi connectivity index (χ3n) is 7.49. The predicted octanol–water partition coefficient (Wildman–Crippen LogP) is 2.93. The topological polar surface area (TPSA) is 161 Å². The molecule has 0 unspecified atom stereocenters. The molecule has 5 atom stereocenters. The molecule has 0 saturated carbocycles. The van der Waals surface area contributed by atoms with Gasteiger partial charge in [-0.15, -0.1) is 0 Å². The Morgan fingerprint density at radius 1 is 1.17 bits per heavy atom. The lowest BCUT2D eigenvalue weighted by molar-refractivity contribution is -0.261. The molecule has 0 bridgehead atoms. The number of aliphatic hydroxyl groups is 3. The summed E-state index contributed by atoms with van der Waals surface area (Å²) in [6.07, 6.45) is -0.978. The Morgan fingerprint density at radius 2 is 1.90 bits per heavy atom. The normalized spacial score (nSPS) is 22.4. The molecule has 2 aromatic carbocycles. The summed E-state index contributed by atoms with van der Waals surface area (Å²) in [6, 6.07) is 8.18. The number of aliphatic hydroxyl groups excluding tert-OH is 3. The molecular weight excluding hydrogens is 587 g/mol. The quantitative estimate of drug-likeness (QED) is 0.180. The van der Waals surface area contributed by atoms with Gasteiger partial charge in [0.2, 0.25) is 0 Å². The van der Waals surface area contributed by atoms with Crippen LogP contribution < -0.4 is 15.8 Å². The van der Waals surface area contributed by atoms with Crippen molar-refractivity contribution in [3.05, 3.63) is 57.3 Å². The number of aromatic nitrogens is 2. The second-order valence-electron chi connectivity index (χ2n) is 10.3. The molecule has 4 rings (SSSR count). The van der Waals surface area contributed by atoms with Gasteiger partial charge in [-0.3, -0.25) is 4.79 Å². The first-order valence-electron chi connectivity index (χ1n) is 13.9. The van der Waals surface area contributed by atoms with Gasteiger partial charge in [0.05, 0.1) is 27.7 Å². The van der Waals surface area contributed by atoms with Crippen molar-refractivity contribution in [3.8, 4) is 5.75 Å². The van der Waals surface area contributed by atoms with E-state index in [4.69, 9.17) is 48.1 Å². The highest BCUT2D eigenvalue weighted by molar-refractivity contribution is 6.38. The molecular formula is C29H38Cl2N4O7. The van der Waals surface area contributed by atoms with Crippen LogP contribution in [0.2, 0.25) is 10.0 Å². The van der Waals surface area contributed by atoms with Gasteiger partial charge in [0.1, 0.15) is 36.8 Å². The number of methoxy groups -OCH3 is 1. The van der Waals surface area contributed by atoms with Gasteiger partial charge in [0.25, 0.3) is 5.91 Å². The number of ether oxygens (including phenoxy) is 3. The number of halogens is 2. The first kappa shape index (κ1) is 32.4. The van der Waals surface area contributed by atoms with E-state index in [-0.39, 0.29) is 28.0 Å². The number of carbonyl (C=O) groups is 1. The highest BCUT2D eigenvalue weighted by atomic mass is 35.5. The maximum atomic E-state index is 13.3. The first-order chi connectivity index (χ1) is 20.2. The van der Waals surface area contributed by atoms with Crippen molar-refractivity contribution >= 4 is 40.1 Å². The van der Waals surface area contributed by atoms with Gasteiger partial charge < -0.3 is 45.1 Å². The number of hydrogen-bond donors (Lipinski definition) is 5. The number of nitrogens with two attached hydrogens (primary N) is 1. The number of benzene rings is 2. The summed E-state index contributed by atoms with van der Waals surface area (Å²) in [5.41, 5.74) is 8.03. The Balaban J connectivity index is 1.51. The lowest BCUT2D eigenvalue weighted by Gasteiger charge is -2.41. The molecule has 42 heavy (non-hydrogen) atoms. The number of carbonyl (C=O) groups excluding carboxylic acids is 1. The highest BCUT2D eigenvalue weighted by Gasteiger charge is 2.45. The third kappa shape index (κ3) is 7.00. The molecule has 0 spiro atoms. The summed E-state index contributed by atoms with van der Waals surface area (Å²) in [5, 5.41) is 33.2. The standard InChI is InChI=1S/C29H38Cl2N4O7/c1-16-17(28(39)34-24-26(38)25(37)21(14-36)42-29(24)40-2)13-18(30)27(23(16)31)41-15-22-33-19-9-5-6-10-20(19)35(22)12-8-4-3-7-11-32/h5-6,9-10,13,21,24-26,29,36-38H,3-4,7-8,11-12,14-15,32H2,1-2H3,(H,34,39)/t21-,24-,25-,26-,29+/m1/s1. The first-order valence-corrected chi connectivity index (χ1v) is 14.7. The van der Waals surface area contributed by atoms with Crippen molar-refractivity contribution < 1.29 is 34.3 Å². The zero-order valence-electron chi connectivity index (χ0n) is 23.6. The fourth-order valence-corrected chi connectivity index (χ4v) is 5.68. The molecule has 1 saturated heterocycles. The molecule has 1 fully saturated rings. The van der Waals surface area contributed by atoms with E-state index in [1.54, 1.807) is 6.92 Å². The number of amides is 1. The number of aryl methyl sites for hydroxylation is 1. The van der Waals surface area contributed by atoms with E-state index in [0.29, 0.717) is 12.1 Å². The lowest BCUT2D eigenvalue weighted by atomic mass is 9.96. The Morgan fingerprint density at radius 3 is 2.62 bits per heavy atom. The summed E-state index contributed by atoms with van der Waals surface area (Å²) >= 11 is 13.2. The number of nitrogens with one attached hydrogen (secondary N) is 1. The van der Waals surface area contributed by atoms with Crippen LogP contribution in [0, 0.1) is 6.92 Å². The van der Waals surface area contributed by atoms with Crippen LogP contribution >= 0.6 is 23.2 Å². The van der Waals surface area contributed by atoms with Crippen LogP contribution in [0.15, 0.2) is 30.3 Å². The van der Waals surface area contributed by atoms with Gasteiger partial charge in [0.15, 0.2) is 12.0 Å². The molecule has 6 N–H and O–H groups in total. The van der Waals surface area contributed by atoms with Crippen molar-refractivity contribution in [2.24, 2.45) is 5.73 Å². The molecule has 1 aliphatic heterocycles. The monoisotopic (exact) mass is 624 g/mol. The molecule has 1 aliphatic rings. The van der Waals surface area contributed by atoms with Crippen molar-refractivity contribution in [1.82, 2.24) is 14.9 Å². The number of nitrogens with zero attached hydrogens (tertiary/aromatic N) is 2. The van der Waals surface area contributed by atoms with Crippen molar-refractivity contribution in [3.63, 3.8) is 0 Å². The fourth-order valence-electron chi connectivity index (χ4n) is 5.12. The molecule has 11 nitrogen and oxygen atoms in total. The summed E-state index contributed by atoms with van der Waals surface area (Å²) < 4.78 is 18.9. The Hall–Kier alpha value is -2.48. The minimum absolute atomic E-state index is 0.104. The van der Waals surface area contributed by atoms with Crippen molar-refractivity contribution in [2.45, 2.75) is 76.4 Å². The SMILES string of the molecule is CO[C@H]1O[C@H](CO)[C@@H](O)[C@H](O)[C@H]1NC(=O)c1cc(Cl)c(OCc2nc3ccccc3n2CCCCCCN)c(Cl)c1C. The summed E-state index contributed by atoms with van der Waals surface area (Å²) in [6.45, 7) is 2.68. The zero-order valence-corrected chi connectivity index (χ0v) is 25.1. The molecule has 230 valence electrons. The van der Waals surface area contributed by atoms with Crippen LogP contribution in [0.3, 0.4) is 0 Å². The van der Waals surface area contributed by atoms with E-state index in [2.05, 4.69) is 9.88 Å².